The van der Waals surface area contributed by atoms with Crippen molar-refractivity contribution in [2.45, 2.75) is 6.92 Å². The molecule has 4 heteroatoms. The zero-order chi connectivity index (χ0) is 10.6. The summed E-state index contributed by atoms with van der Waals surface area (Å²) in [4.78, 5) is 10.9. The van der Waals surface area contributed by atoms with Gasteiger partial charge in [0.2, 0.25) is 0 Å². The van der Waals surface area contributed by atoms with Gasteiger partial charge >= 0.3 is 0 Å². The lowest BCUT2D eigenvalue weighted by atomic mass is 10.2. The van der Waals surface area contributed by atoms with Gasteiger partial charge in [0.15, 0.2) is 6.61 Å². The molecule has 0 radical (unpaired) electrons. The zero-order valence-corrected chi connectivity index (χ0v) is 8.89. The van der Waals surface area contributed by atoms with Crippen LogP contribution in [0.2, 0.25) is 5.02 Å². The van der Waals surface area contributed by atoms with Crippen molar-refractivity contribution >= 4 is 17.5 Å². The van der Waals surface area contributed by atoms with Crippen LogP contribution in [-0.4, -0.2) is 19.6 Å². The minimum Gasteiger partial charge on any atom is -0.483 e. The van der Waals surface area contributed by atoms with Crippen LogP contribution in [0.25, 0.3) is 0 Å². The SMILES string of the molecule is CNC(=O)COc1cc(Cl)ccc1C. The molecule has 14 heavy (non-hydrogen) atoms. The van der Waals surface area contributed by atoms with Gasteiger partial charge in [0.1, 0.15) is 5.75 Å². The number of halogens is 1. The molecule has 0 saturated heterocycles. The molecule has 1 amide bonds. The summed E-state index contributed by atoms with van der Waals surface area (Å²) in [5, 5.41) is 3.07. The molecule has 0 heterocycles. The maximum atomic E-state index is 10.9. The molecule has 0 saturated carbocycles. The summed E-state index contributed by atoms with van der Waals surface area (Å²) in [7, 11) is 1.57. The molecule has 1 aromatic rings. The first-order valence-electron chi connectivity index (χ1n) is 4.23. The molecule has 1 N–H and O–H groups in total. The molecular weight excluding hydrogens is 202 g/mol. The Morgan fingerprint density at radius 1 is 1.57 bits per heavy atom. The number of carbonyl (C=O) groups excluding carboxylic acids is 1. The molecule has 3 nitrogen and oxygen atoms in total. The number of hydrogen-bond acceptors (Lipinski definition) is 2. The first-order valence-corrected chi connectivity index (χ1v) is 4.61. The van der Waals surface area contributed by atoms with Crippen molar-refractivity contribution in [2.75, 3.05) is 13.7 Å². The van der Waals surface area contributed by atoms with E-state index in [9.17, 15) is 4.79 Å². The van der Waals surface area contributed by atoms with Crippen LogP contribution in [0.15, 0.2) is 18.2 Å². The third-order valence-corrected chi connectivity index (χ3v) is 2.02. The van der Waals surface area contributed by atoms with Gasteiger partial charge in [-0.05, 0) is 24.6 Å². The number of likely N-dealkylation sites (N-methyl/N-ethyl adjacent to an activating group) is 1. The van der Waals surface area contributed by atoms with Gasteiger partial charge in [-0.2, -0.15) is 0 Å². The highest BCUT2D eigenvalue weighted by Crippen LogP contribution is 2.22. The normalized spacial score (nSPS) is 9.64. The Morgan fingerprint density at radius 3 is 2.93 bits per heavy atom. The molecular formula is C10H12ClNO2. The number of hydrogen-bond donors (Lipinski definition) is 1. The fourth-order valence-electron chi connectivity index (χ4n) is 0.945. The second kappa shape index (κ2) is 4.86. The van der Waals surface area contributed by atoms with Crippen LogP contribution in [0.3, 0.4) is 0 Å². The Bertz CT molecular complexity index is 339. The standard InChI is InChI=1S/C10H12ClNO2/c1-7-3-4-8(11)5-9(7)14-6-10(13)12-2/h3-5H,6H2,1-2H3,(H,12,13). The average Bonchev–Trinajstić information content (AvgIpc) is 2.19. The number of benzene rings is 1. The fourth-order valence-corrected chi connectivity index (χ4v) is 1.11. The molecule has 0 spiro atoms. The van der Waals surface area contributed by atoms with Crippen molar-refractivity contribution in [3.63, 3.8) is 0 Å². The Labute approximate surface area is 88.0 Å². The predicted octanol–water partition coefficient (Wildman–Crippen LogP) is 1.77. The molecule has 0 aliphatic carbocycles. The van der Waals surface area contributed by atoms with Gasteiger partial charge in [-0.3, -0.25) is 4.79 Å². The summed E-state index contributed by atoms with van der Waals surface area (Å²) >= 11 is 5.79. The molecule has 0 aromatic heterocycles. The number of aryl methyl sites for hydroxylation is 1. The lowest BCUT2D eigenvalue weighted by molar-refractivity contribution is -0.122. The number of nitrogens with one attached hydrogen (secondary N) is 1. The topological polar surface area (TPSA) is 38.3 Å². The van der Waals surface area contributed by atoms with Crippen molar-refractivity contribution in [1.82, 2.24) is 5.32 Å². The van der Waals surface area contributed by atoms with Crippen molar-refractivity contribution in [3.05, 3.63) is 28.8 Å². The maximum Gasteiger partial charge on any atom is 0.257 e. The van der Waals surface area contributed by atoms with Crippen LogP contribution >= 0.6 is 11.6 Å². The largest absolute Gasteiger partial charge is 0.483 e. The van der Waals surface area contributed by atoms with Gasteiger partial charge in [0.05, 0.1) is 0 Å². The fraction of sp³-hybridized carbons (Fsp3) is 0.300. The molecule has 0 aliphatic rings. The molecule has 0 aliphatic heterocycles. The number of ether oxygens (including phenoxy) is 1. The highest BCUT2D eigenvalue weighted by atomic mass is 35.5. The molecule has 0 fully saturated rings. The van der Waals surface area contributed by atoms with Crippen molar-refractivity contribution in [2.24, 2.45) is 0 Å². The molecule has 1 rings (SSSR count). The summed E-state index contributed by atoms with van der Waals surface area (Å²) in [6.45, 7) is 1.91. The van der Waals surface area contributed by atoms with Gasteiger partial charge in [0.25, 0.3) is 5.91 Å². The maximum absolute atomic E-state index is 10.9. The average molecular weight is 214 g/mol. The smallest absolute Gasteiger partial charge is 0.257 e. The second-order valence-corrected chi connectivity index (χ2v) is 3.31. The number of rotatable bonds is 3. The second-order valence-electron chi connectivity index (χ2n) is 2.87. The van der Waals surface area contributed by atoms with Crippen molar-refractivity contribution in [1.29, 1.82) is 0 Å². The first-order chi connectivity index (χ1) is 6.63. The molecule has 1 aromatic carbocycles. The van der Waals surface area contributed by atoms with Gasteiger partial charge < -0.3 is 10.1 Å². The van der Waals surface area contributed by atoms with E-state index in [0.717, 1.165) is 5.56 Å². The van der Waals surface area contributed by atoms with Crippen LogP contribution < -0.4 is 10.1 Å². The number of carbonyl (C=O) groups is 1. The Kier molecular flexibility index (Phi) is 3.77. The minimum atomic E-state index is -0.163. The van der Waals surface area contributed by atoms with Crippen LogP contribution in [0.1, 0.15) is 5.56 Å². The van der Waals surface area contributed by atoms with E-state index in [1.807, 2.05) is 13.0 Å². The molecule has 0 unspecified atom stereocenters. The van der Waals surface area contributed by atoms with Gasteiger partial charge in [-0.1, -0.05) is 17.7 Å². The molecule has 0 atom stereocenters. The number of amides is 1. The summed E-state index contributed by atoms with van der Waals surface area (Å²) in [6.07, 6.45) is 0. The zero-order valence-electron chi connectivity index (χ0n) is 8.13. The predicted molar refractivity (Wildman–Crippen MR) is 55.8 cm³/mol. The van der Waals surface area contributed by atoms with E-state index in [1.54, 1.807) is 19.2 Å². The quantitative estimate of drug-likeness (QED) is 0.831. The van der Waals surface area contributed by atoms with Gasteiger partial charge in [0, 0.05) is 12.1 Å². The highest BCUT2D eigenvalue weighted by Gasteiger charge is 2.03. The highest BCUT2D eigenvalue weighted by molar-refractivity contribution is 6.30. The minimum absolute atomic E-state index is 0.0116. The van der Waals surface area contributed by atoms with Crippen molar-refractivity contribution < 1.29 is 9.53 Å². The van der Waals surface area contributed by atoms with Gasteiger partial charge in [-0.25, -0.2) is 0 Å². The van der Waals surface area contributed by atoms with Crippen molar-refractivity contribution in [3.8, 4) is 5.75 Å². The van der Waals surface area contributed by atoms with E-state index in [0.29, 0.717) is 10.8 Å². The summed E-state index contributed by atoms with van der Waals surface area (Å²) in [6, 6.07) is 5.32. The summed E-state index contributed by atoms with van der Waals surface area (Å²) < 4.78 is 5.27. The Morgan fingerprint density at radius 2 is 2.29 bits per heavy atom. The summed E-state index contributed by atoms with van der Waals surface area (Å²) in [5.74, 6) is 0.477. The lowest BCUT2D eigenvalue weighted by Gasteiger charge is -2.08. The third-order valence-electron chi connectivity index (χ3n) is 1.79. The molecule has 76 valence electrons. The Hall–Kier alpha value is -1.22. The van der Waals surface area contributed by atoms with E-state index in [1.165, 1.54) is 0 Å². The monoisotopic (exact) mass is 213 g/mol. The van der Waals surface area contributed by atoms with Crippen LogP contribution in [0, 0.1) is 6.92 Å². The summed E-state index contributed by atoms with van der Waals surface area (Å²) in [5.41, 5.74) is 0.957. The third kappa shape index (κ3) is 2.92. The van der Waals surface area contributed by atoms with E-state index < -0.39 is 0 Å². The van der Waals surface area contributed by atoms with Crippen LogP contribution in [0.4, 0.5) is 0 Å². The van der Waals surface area contributed by atoms with Gasteiger partial charge in [-0.15, -0.1) is 0 Å². The van der Waals surface area contributed by atoms with Crippen LogP contribution in [-0.2, 0) is 4.79 Å². The van der Waals surface area contributed by atoms with E-state index in [-0.39, 0.29) is 12.5 Å². The van der Waals surface area contributed by atoms with E-state index in [4.69, 9.17) is 16.3 Å². The molecule has 0 bridgehead atoms. The van der Waals surface area contributed by atoms with E-state index >= 15 is 0 Å². The van der Waals surface area contributed by atoms with E-state index in [2.05, 4.69) is 5.32 Å². The lowest BCUT2D eigenvalue weighted by Crippen LogP contribution is -2.24. The first kappa shape index (κ1) is 10.9. The Balaban J connectivity index is 2.66. The van der Waals surface area contributed by atoms with Crippen LogP contribution in [0.5, 0.6) is 5.75 Å².